The molecule has 0 unspecified atom stereocenters. The number of pyridine rings is 4. The van der Waals surface area contributed by atoms with Gasteiger partial charge in [-0.3, -0.25) is 4.79 Å². The highest BCUT2D eigenvalue weighted by atomic mass is 19.1. The number of ether oxygens (including phenoxy) is 2. The molecule has 352 valence electrons. The molecule has 0 aliphatic carbocycles. The first kappa shape index (κ1) is 48.9. The van der Waals surface area contributed by atoms with Gasteiger partial charge in [0.25, 0.3) is 5.91 Å². The molecule has 2 aliphatic heterocycles. The summed E-state index contributed by atoms with van der Waals surface area (Å²) in [6.45, 7) is 13.3. The average Bonchev–Trinajstić information content (AvgIpc) is 3.22. The predicted octanol–water partition coefficient (Wildman–Crippen LogP) is 7.25. The van der Waals surface area contributed by atoms with E-state index in [4.69, 9.17) is 26.0 Å². The van der Waals surface area contributed by atoms with Crippen LogP contribution < -0.4 is 16.8 Å². The van der Waals surface area contributed by atoms with Gasteiger partial charge in [0.2, 0.25) is 0 Å². The van der Waals surface area contributed by atoms with Crippen LogP contribution in [0.3, 0.4) is 0 Å². The molecular weight excluding hydrogens is 867 g/mol. The van der Waals surface area contributed by atoms with Gasteiger partial charge in [-0.2, -0.15) is 0 Å². The summed E-state index contributed by atoms with van der Waals surface area (Å²) in [4.78, 5) is 69.7. The highest BCUT2D eigenvalue weighted by molar-refractivity contribution is 6.08. The Hall–Kier alpha value is -7.54. The number of aromatic carboxylic acids is 1. The van der Waals surface area contributed by atoms with Gasteiger partial charge in [0.1, 0.15) is 45.5 Å². The Morgan fingerprint density at radius 2 is 1.13 bits per heavy atom. The number of amides is 3. The summed E-state index contributed by atoms with van der Waals surface area (Å²) in [6.07, 6.45) is 2.03. The van der Waals surface area contributed by atoms with Crippen LogP contribution in [0.5, 0.6) is 0 Å². The van der Waals surface area contributed by atoms with Crippen molar-refractivity contribution in [1.29, 1.82) is 0 Å². The number of rotatable bonds is 6. The molecule has 0 atom stereocenters. The van der Waals surface area contributed by atoms with Crippen LogP contribution in [0.4, 0.5) is 30.0 Å². The third kappa shape index (κ3) is 12.0. The number of carbonyl (C=O) groups excluding carboxylic acids is 3. The summed E-state index contributed by atoms with van der Waals surface area (Å²) < 4.78 is 37.5. The highest BCUT2D eigenvalue weighted by Crippen LogP contribution is 2.29. The van der Waals surface area contributed by atoms with Gasteiger partial charge in [0.05, 0.1) is 28.6 Å². The van der Waals surface area contributed by atoms with Gasteiger partial charge in [-0.15, -0.1) is 0 Å². The predicted molar refractivity (Wildman–Crippen MR) is 250 cm³/mol. The summed E-state index contributed by atoms with van der Waals surface area (Å²) in [5.74, 6) is -1.78. The third-order valence-corrected chi connectivity index (χ3v) is 10.5. The number of nitrogens with zero attached hydrogens (tertiary/aromatic N) is 7. The second-order valence-corrected chi connectivity index (χ2v) is 18.0. The fourth-order valence-electron chi connectivity index (χ4n) is 6.90. The normalized spacial score (nSPS) is 13.9. The first-order valence-electron chi connectivity index (χ1n) is 21.3. The van der Waals surface area contributed by atoms with Gasteiger partial charge in [-0.1, -0.05) is 24.3 Å². The van der Waals surface area contributed by atoms with Gasteiger partial charge < -0.3 is 46.1 Å². The lowest BCUT2D eigenvalue weighted by molar-refractivity contribution is -0.00907. The maximum Gasteiger partial charge on any atom is 0.410 e. The summed E-state index contributed by atoms with van der Waals surface area (Å²) in [6, 6.07) is 19.1. The topological polar surface area (TPSA) is 232 Å². The van der Waals surface area contributed by atoms with Crippen LogP contribution in [-0.2, 0) is 9.47 Å². The van der Waals surface area contributed by atoms with Gasteiger partial charge in [-0.25, -0.2) is 43.1 Å². The number of nitrogens with two attached hydrogens (primary N) is 2. The van der Waals surface area contributed by atoms with E-state index < -0.39 is 17.7 Å². The fraction of sp³-hybridized carbons (Fsp3) is 0.333. The number of hydrogen-bond acceptors (Lipinski definition) is 13. The van der Waals surface area contributed by atoms with Crippen LogP contribution in [0.15, 0.2) is 85.2 Å². The first-order chi connectivity index (χ1) is 31.5. The summed E-state index contributed by atoms with van der Waals surface area (Å²) in [7, 11) is 3.59. The van der Waals surface area contributed by atoms with E-state index in [-0.39, 0.29) is 58.0 Å². The summed E-state index contributed by atoms with van der Waals surface area (Å²) >= 11 is 0. The zero-order valence-corrected chi connectivity index (χ0v) is 38.5. The van der Waals surface area contributed by atoms with E-state index in [0.29, 0.717) is 63.5 Å². The zero-order valence-electron chi connectivity index (χ0n) is 38.5. The molecule has 3 amide bonds. The molecule has 0 spiro atoms. The Morgan fingerprint density at radius 3 is 1.55 bits per heavy atom. The van der Waals surface area contributed by atoms with Crippen molar-refractivity contribution < 1.29 is 42.5 Å². The van der Waals surface area contributed by atoms with Crippen LogP contribution in [0.1, 0.15) is 62.3 Å². The highest BCUT2D eigenvalue weighted by Gasteiger charge is 2.38. The van der Waals surface area contributed by atoms with E-state index in [9.17, 15) is 28.0 Å². The summed E-state index contributed by atoms with van der Waals surface area (Å²) in [5.41, 5.74) is 14.1. The lowest BCUT2D eigenvalue weighted by atomic mass is 10.0. The lowest BCUT2D eigenvalue weighted by Gasteiger charge is -2.44. The lowest BCUT2D eigenvalue weighted by Crippen LogP contribution is -2.61. The number of carboxylic acid groups (broad SMARTS) is 1. The first-order valence-corrected chi connectivity index (χ1v) is 21.3. The number of hydrogen-bond donors (Lipinski definition) is 4. The van der Waals surface area contributed by atoms with Gasteiger partial charge in [-0.05, 0) is 97.1 Å². The Kier molecular flexibility index (Phi) is 14.5. The van der Waals surface area contributed by atoms with Crippen LogP contribution in [-0.4, -0.2) is 127 Å². The second-order valence-electron chi connectivity index (χ2n) is 18.0. The molecule has 6 N–H and O–H groups in total. The van der Waals surface area contributed by atoms with E-state index >= 15 is 0 Å². The minimum absolute atomic E-state index is 0.0255. The largest absolute Gasteiger partial charge is 0.478 e. The van der Waals surface area contributed by atoms with Crippen LogP contribution in [0.2, 0.25) is 0 Å². The average molecular weight is 921 g/mol. The molecule has 6 aromatic rings. The maximum atomic E-state index is 13.6. The minimum atomic E-state index is -1.10. The van der Waals surface area contributed by atoms with Crippen molar-refractivity contribution in [3.63, 3.8) is 0 Å². The van der Waals surface area contributed by atoms with Crippen molar-refractivity contribution in [3.05, 3.63) is 108 Å². The van der Waals surface area contributed by atoms with Crippen LogP contribution in [0.25, 0.3) is 44.3 Å². The van der Waals surface area contributed by atoms with E-state index in [1.165, 1.54) is 36.7 Å². The Labute approximate surface area is 386 Å². The maximum absolute atomic E-state index is 13.6. The number of benzene rings is 2. The molecule has 2 saturated heterocycles. The molecule has 6 heterocycles. The van der Waals surface area contributed by atoms with Crippen molar-refractivity contribution >= 4 is 57.5 Å². The summed E-state index contributed by atoms with van der Waals surface area (Å²) in [5, 5.41) is 13.2. The number of likely N-dealkylation sites (tertiary alicyclic amines) is 2. The molecular formula is C48H54F2N10O7. The molecule has 2 aromatic carbocycles. The molecule has 19 heteroatoms. The second kappa shape index (κ2) is 19.9. The molecule has 17 nitrogen and oxygen atoms in total. The Bertz CT molecular complexity index is 2820. The number of carboxylic acids is 1. The number of anilines is 2. The zero-order chi connectivity index (χ0) is 49.0. The van der Waals surface area contributed by atoms with E-state index in [2.05, 4.69) is 25.3 Å². The van der Waals surface area contributed by atoms with Crippen molar-refractivity contribution in [3.8, 4) is 22.5 Å². The van der Waals surface area contributed by atoms with Crippen molar-refractivity contribution in [2.45, 2.75) is 64.8 Å². The molecule has 4 aromatic heterocycles. The number of carbonyl (C=O) groups is 4. The standard InChI is InChI=1S/C24H26FN5O3.C15H10FN3O2.C9H18N2O2/c1-24(2,3)33-23(32)30-12-16(13-30)29(4)22(31)18-11-27-21(26)20-17(18)8-9-19(28-20)14-6-5-7-15(25)10-14;16-9-3-1-2-8(6-9)12-5-4-10-11(15(20)21)7-18-14(17)13(10)19-12;1-9(2,3)13-8(12)11-5-7(6-11)10-4/h5-11,16H,12-13H2,1-4H3,(H2,26,27);1-7H,(H2,17,18)(H,20,21);7,10H,5-6H2,1-4H3. The van der Waals surface area contributed by atoms with E-state index in [1.807, 2.05) is 48.6 Å². The number of aromatic nitrogens is 4. The Morgan fingerprint density at radius 1 is 0.701 bits per heavy atom. The molecule has 0 bridgehead atoms. The molecule has 2 aliphatic rings. The van der Waals surface area contributed by atoms with Crippen LogP contribution in [0, 0.1) is 11.6 Å². The quantitative estimate of drug-likeness (QED) is 0.129. The smallest absolute Gasteiger partial charge is 0.410 e. The van der Waals surface area contributed by atoms with Gasteiger partial charge in [0.15, 0.2) is 0 Å². The molecule has 8 rings (SSSR count). The monoisotopic (exact) mass is 920 g/mol. The van der Waals surface area contributed by atoms with Crippen molar-refractivity contribution in [1.82, 2.24) is 40.0 Å². The van der Waals surface area contributed by atoms with Crippen molar-refractivity contribution in [2.75, 3.05) is 51.7 Å². The number of fused-ring (bicyclic) bond motifs is 2. The number of halogens is 2. The van der Waals surface area contributed by atoms with Crippen LogP contribution >= 0.6 is 0 Å². The molecule has 2 fully saturated rings. The van der Waals surface area contributed by atoms with E-state index in [0.717, 1.165) is 13.1 Å². The molecule has 67 heavy (non-hydrogen) atoms. The number of nitrogen functional groups attached to an aromatic ring is 2. The van der Waals surface area contributed by atoms with Gasteiger partial charge >= 0.3 is 18.2 Å². The molecule has 0 saturated carbocycles. The fourth-order valence-corrected chi connectivity index (χ4v) is 6.90. The van der Waals surface area contributed by atoms with Crippen molar-refractivity contribution in [2.24, 2.45) is 0 Å². The SMILES string of the molecule is CN(C(=O)c1cnc(N)c2nc(-c3cccc(F)c3)ccc12)C1CN(C(=O)OC(C)(C)C)C1.CNC1CN(C(=O)OC(C)(C)C)C1.Nc1ncc(C(=O)O)c2ccc(-c3cccc(F)c3)nc12. The third-order valence-electron chi connectivity index (χ3n) is 10.5. The number of likely N-dealkylation sites (N-methyl/N-ethyl adjacent to an activating group) is 2. The van der Waals surface area contributed by atoms with Gasteiger partial charge in [0, 0.05) is 73.6 Å². The van der Waals surface area contributed by atoms with E-state index in [1.54, 1.807) is 70.3 Å². The Balaban J connectivity index is 0.000000185. The minimum Gasteiger partial charge on any atom is -0.478 e. The molecule has 0 radical (unpaired) electrons. The number of nitrogens with one attached hydrogen (secondary N) is 1.